The first-order chi connectivity index (χ1) is 7.79. The Hall–Kier alpha value is -2.21. The van der Waals surface area contributed by atoms with E-state index in [0.29, 0.717) is 12.2 Å². The van der Waals surface area contributed by atoms with Crippen LogP contribution < -0.4 is 4.74 Å². The van der Waals surface area contributed by atoms with Gasteiger partial charge in [0.2, 0.25) is 0 Å². The van der Waals surface area contributed by atoms with E-state index in [9.17, 15) is 0 Å². The second kappa shape index (κ2) is 4.54. The Labute approximate surface area is 93.9 Å². The summed E-state index contributed by atoms with van der Waals surface area (Å²) in [5.74, 6) is 1.52. The summed E-state index contributed by atoms with van der Waals surface area (Å²) < 4.78 is 10.7. The van der Waals surface area contributed by atoms with Crippen molar-refractivity contribution in [2.24, 2.45) is 0 Å². The van der Waals surface area contributed by atoms with Crippen molar-refractivity contribution >= 4 is 0 Å². The Balaban J connectivity index is 2.06. The van der Waals surface area contributed by atoms with Gasteiger partial charge in [-0.3, -0.25) is 0 Å². The van der Waals surface area contributed by atoms with Crippen molar-refractivity contribution in [3.05, 3.63) is 53.5 Å². The van der Waals surface area contributed by atoms with Crippen LogP contribution in [0.25, 0.3) is 0 Å². The van der Waals surface area contributed by atoms with Crippen LogP contribution in [0.5, 0.6) is 5.75 Å². The molecular formula is C13H11NO2. The van der Waals surface area contributed by atoms with Gasteiger partial charge in [-0.25, -0.2) is 0 Å². The van der Waals surface area contributed by atoms with Crippen LogP contribution in [-0.2, 0) is 6.61 Å². The summed E-state index contributed by atoms with van der Waals surface area (Å²) in [6.45, 7) is 2.29. The molecule has 80 valence electrons. The fraction of sp³-hybridized carbons (Fsp3) is 0.154. The quantitative estimate of drug-likeness (QED) is 0.787. The van der Waals surface area contributed by atoms with Gasteiger partial charge in [0, 0.05) is 0 Å². The number of rotatable bonds is 3. The Morgan fingerprint density at radius 2 is 2.25 bits per heavy atom. The molecule has 0 radical (unpaired) electrons. The molecule has 3 nitrogen and oxygen atoms in total. The smallest absolute Gasteiger partial charge is 0.146 e. The van der Waals surface area contributed by atoms with Gasteiger partial charge in [-0.15, -0.1) is 0 Å². The number of furan rings is 1. The Kier molecular flexibility index (Phi) is 2.93. The van der Waals surface area contributed by atoms with Crippen LogP contribution in [-0.4, -0.2) is 0 Å². The van der Waals surface area contributed by atoms with Gasteiger partial charge >= 0.3 is 0 Å². The molecule has 0 aliphatic rings. The summed E-state index contributed by atoms with van der Waals surface area (Å²) in [4.78, 5) is 0. The molecule has 0 spiro atoms. The molecular weight excluding hydrogens is 202 g/mol. The number of hydrogen-bond donors (Lipinski definition) is 0. The van der Waals surface area contributed by atoms with Crippen LogP contribution in [0.2, 0.25) is 0 Å². The Bertz CT molecular complexity index is 509. The van der Waals surface area contributed by atoms with Gasteiger partial charge in [-0.05, 0) is 42.8 Å². The summed E-state index contributed by atoms with van der Waals surface area (Å²) in [7, 11) is 0. The lowest BCUT2D eigenvalue weighted by molar-refractivity contribution is 0.270. The molecule has 0 bridgehead atoms. The first-order valence-corrected chi connectivity index (χ1v) is 4.95. The average Bonchev–Trinajstić information content (AvgIpc) is 2.79. The minimum absolute atomic E-state index is 0.401. The first-order valence-electron chi connectivity index (χ1n) is 4.95. The molecule has 0 unspecified atom stereocenters. The maximum atomic E-state index is 8.78. The van der Waals surface area contributed by atoms with Gasteiger partial charge in [0.15, 0.2) is 0 Å². The van der Waals surface area contributed by atoms with Crippen LogP contribution in [0.4, 0.5) is 0 Å². The molecule has 1 heterocycles. The van der Waals surface area contributed by atoms with Gasteiger partial charge in [0.1, 0.15) is 18.1 Å². The number of nitriles is 1. The van der Waals surface area contributed by atoms with Crippen LogP contribution in [0, 0.1) is 18.3 Å². The van der Waals surface area contributed by atoms with E-state index in [2.05, 4.69) is 6.07 Å². The summed E-state index contributed by atoms with van der Waals surface area (Å²) in [6.07, 6.45) is 1.61. The minimum Gasteiger partial charge on any atom is -0.486 e. The third-order valence-corrected chi connectivity index (χ3v) is 2.28. The molecule has 2 aromatic rings. The standard InChI is InChI=1S/C13H11NO2/c1-10-7-12(5-4-11(10)8-14)16-9-13-3-2-6-15-13/h2-7H,9H2,1H3. The fourth-order valence-corrected chi connectivity index (χ4v) is 1.40. The van der Waals surface area contributed by atoms with E-state index in [-0.39, 0.29) is 0 Å². The van der Waals surface area contributed by atoms with Crippen molar-refractivity contribution in [2.75, 3.05) is 0 Å². The van der Waals surface area contributed by atoms with E-state index >= 15 is 0 Å². The Morgan fingerprint density at radius 3 is 2.88 bits per heavy atom. The van der Waals surface area contributed by atoms with E-state index in [0.717, 1.165) is 17.1 Å². The zero-order valence-electron chi connectivity index (χ0n) is 8.93. The van der Waals surface area contributed by atoms with Crippen molar-refractivity contribution in [2.45, 2.75) is 13.5 Å². The zero-order chi connectivity index (χ0) is 11.4. The maximum absolute atomic E-state index is 8.78. The van der Waals surface area contributed by atoms with Gasteiger partial charge in [-0.2, -0.15) is 5.26 Å². The molecule has 2 rings (SSSR count). The molecule has 3 heteroatoms. The van der Waals surface area contributed by atoms with Crippen LogP contribution in [0.15, 0.2) is 41.0 Å². The van der Waals surface area contributed by atoms with E-state index in [4.69, 9.17) is 14.4 Å². The second-order valence-corrected chi connectivity index (χ2v) is 3.46. The zero-order valence-corrected chi connectivity index (χ0v) is 8.93. The number of nitrogens with zero attached hydrogens (tertiary/aromatic N) is 1. The number of hydrogen-bond acceptors (Lipinski definition) is 3. The molecule has 0 amide bonds. The lowest BCUT2D eigenvalue weighted by Crippen LogP contribution is -1.94. The van der Waals surface area contributed by atoms with Gasteiger partial charge in [-0.1, -0.05) is 0 Å². The minimum atomic E-state index is 0.401. The van der Waals surface area contributed by atoms with Gasteiger partial charge < -0.3 is 9.15 Å². The van der Waals surface area contributed by atoms with Gasteiger partial charge in [0.05, 0.1) is 17.9 Å². The van der Waals surface area contributed by atoms with Crippen molar-refractivity contribution in [3.8, 4) is 11.8 Å². The lowest BCUT2D eigenvalue weighted by atomic mass is 10.1. The summed E-state index contributed by atoms with van der Waals surface area (Å²) in [5.41, 5.74) is 1.59. The molecule has 0 aliphatic carbocycles. The van der Waals surface area contributed by atoms with Crippen molar-refractivity contribution in [1.29, 1.82) is 5.26 Å². The molecule has 1 aromatic carbocycles. The fourth-order valence-electron chi connectivity index (χ4n) is 1.40. The average molecular weight is 213 g/mol. The highest BCUT2D eigenvalue weighted by Gasteiger charge is 2.01. The number of aryl methyl sites for hydroxylation is 1. The monoisotopic (exact) mass is 213 g/mol. The molecule has 0 fully saturated rings. The highest BCUT2D eigenvalue weighted by Crippen LogP contribution is 2.17. The topological polar surface area (TPSA) is 46.2 Å². The van der Waals surface area contributed by atoms with E-state index in [1.54, 1.807) is 18.4 Å². The predicted molar refractivity (Wildman–Crippen MR) is 58.9 cm³/mol. The first kappa shape index (κ1) is 10.3. The Morgan fingerprint density at radius 1 is 1.38 bits per heavy atom. The van der Waals surface area contributed by atoms with E-state index in [1.165, 1.54) is 0 Å². The molecule has 0 aliphatic heterocycles. The molecule has 1 aromatic heterocycles. The molecule has 0 N–H and O–H groups in total. The third-order valence-electron chi connectivity index (χ3n) is 2.28. The third kappa shape index (κ3) is 2.23. The lowest BCUT2D eigenvalue weighted by Gasteiger charge is -2.05. The van der Waals surface area contributed by atoms with Gasteiger partial charge in [0.25, 0.3) is 0 Å². The van der Waals surface area contributed by atoms with Crippen molar-refractivity contribution in [3.63, 3.8) is 0 Å². The van der Waals surface area contributed by atoms with E-state index < -0.39 is 0 Å². The summed E-state index contributed by atoms with van der Waals surface area (Å²) >= 11 is 0. The normalized spacial score (nSPS) is 9.75. The van der Waals surface area contributed by atoms with Crippen molar-refractivity contribution < 1.29 is 9.15 Å². The molecule has 16 heavy (non-hydrogen) atoms. The predicted octanol–water partition coefficient (Wildman–Crippen LogP) is 3.04. The van der Waals surface area contributed by atoms with E-state index in [1.807, 2.05) is 25.1 Å². The SMILES string of the molecule is Cc1cc(OCc2ccco2)ccc1C#N. The van der Waals surface area contributed by atoms with Crippen LogP contribution >= 0.6 is 0 Å². The molecule has 0 saturated heterocycles. The number of ether oxygens (including phenoxy) is 1. The summed E-state index contributed by atoms with van der Waals surface area (Å²) in [5, 5.41) is 8.78. The van der Waals surface area contributed by atoms with Crippen LogP contribution in [0.3, 0.4) is 0 Å². The summed E-state index contributed by atoms with van der Waals surface area (Å²) in [6, 6.07) is 11.2. The van der Waals surface area contributed by atoms with Crippen LogP contribution in [0.1, 0.15) is 16.9 Å². The second-order valence-electron chi connectivity index (χ2n) is 3.46. The van der Waals surface area contributed by atoms with Crippen molar-refractivity contribution in [1.82, 2.24) is 0 Å². The highest BCUT2D eigenvalue weighted by atomic mass is 16.5. The molecule has 0 atom stereocenters. The largest absolute Gasteiger partial charge is 0.486 e. The number of benzene rings is 1. The maximum Gasteiger partial charge on any atom is 0.146 e. The highest BCUT2D eigenvalue weighted by molar-refractivity contribution is 5.41. The molecule has 0 saturated carbocycles.